The van der Waals surface area contributed by atoms with Crippen molar-refractivity contribution in [1.29, 1.82) is 0 Å². The Morgan fingerprint density at radius 3 is 2.50 bits per heavy atom. The molecule has 20 heavy (non-hydrogen) atoms. The van der Waals surface area contributed by atoms with Crippen LogP contribution in [0.2, 0.25) is 0 Å². The molecule has 112 valence electrons. The zero-order valence-corrected chi connectivity index (χ0v) is 12.4. The van der Waals surface area contributed by atoms with E-state index in [2.05, 4.69) is 5.32 Å². The van der Waals surface area contributed by atoms with Crippen molar-refractivity contribution in [1.82, 2.24) is 5.32 Å². The molecule has 1 aromatic rings. The number of aryl methyl sites for hydroxylation is 1. The van der Waals surface area contributed by atoms with Crippen LogP contribution < -0.4 is 5.32 Å². The number of halogens is 2. The molecule has 0 bridgehead atoms. The van der Waals surface area contributed by atoms with E-state index in [-0.39, 0.29) is 0 Å². The van der Waals surface area contributed by atoms with Gasteiger partial charge in [-0.25, -0.2) is 8.78 Å². The summed E-state index contributed by atoms with van der Waals surface area (Å²) in [6.07, 6.45) is 9.28. The van der Waals surface area contributed by atoms with Gasteiger partial charge in [0.2, 0.25) is 0 Å². The third-order valence-electron chi connectivity index (χ3n) is 4.76. The normalized spacial score (nSPS) is 18.1. The molecule has 1 nitrogen and oxygen atoms in total. The largest absolute Gasteiger partial charge is 0.320 e. The SMILES string of the molecule is CNCCC1(CCc2ccc(F)cc2F)CCCCC1. The number of hydrogen-bond donors (Lipinski definition) is 1. The molecule has 1 aromatic carbocycles. The van der Waals surface area contributed by atoms with E-state index in [1.165, 1.54) is 38.2 Å². The Hall–Kier alpha value is -0.960. The summed E-state index contributed by atoms with van der Waals surface area (Å²) >= 11 is 0. The molecule has 1 saturated carbocycles. The van der Waals surface area contributed by atoms with Crippen LogP contribution in [-0.4, -0.2) is 13.6 Å². The standard InChI is InChI=1S/C17H25F2N/c1-20-12-11-17(8-3-2-4-9-17)10-7-14-5-6-15(18)13-16(14)19/h5-6,13,20H,2-4,7-12H2,1H3. The minimum atomic E-state index is -0.492. The van der Waals surface area contributed by atoms with E-state index in [0.29, 0.717) is 11.0 Å². The van der Waals surface area contributed by atoms with Crippen LogP contribution in [-0.2, 0) is 6.42 Å². The van der Waals surface area contributed by atoms with Crippen molar-refractivity contribution in [2.45, 2.75) is 51.4 Å². The van der Waals surface area contributed by atoms with Gasteiger partial charge in [-0.3, -0.25) is 0 Å². The van der Waals surface area contributed by atoms with Gasteiger partial charge in [-0.05, 0) is 62.7 Å². The van der Waals surface area contributed by atoms with E-state index in [1.54, 1.807) is 6.07 Å². The number of nitrogens with one attached hydrogen (secondary N) is 1. The van der Waals surface area contributed by atoms with Crippen LogP contribution in [0.25, 0.3) is 0 Å². The van der Waals surface area contributed by atoms with Crippen molar-refractivity contribution in [2.24, 2.45) is 5.41 Å². The molecule has 3 heteroatoms. The molecular formula is C17H25F2N. The first-order chi connectivity index (χ1) is 9.65. The molecule has 0 unspecified atom stereocenters. The van der Waals surface area contributed by atoms with Crippen LogP contribution >= 0.6 is 0 Å². The second kappa shape index (κ2) is 7.16. The van der Waals surface area contributed by atoms with Crippen molar-refractivity contribution in [3.8, 4) is 0 Å². The Labute approximate surface area is 120 Å². The highest BCUT2D eigenvalue weighted by Gasteiger charge is 2.31. The van der Waals surface area contributed by atoms with E-state index < -0.39 is 11.6 Å². The van der Waals surface area contributed by atoms with Gasteiger partial charge in [0.05, 0.1) is 0 Å². The quantitative estimate of drug-likeness (QED) is 0.812. The highest BCUT2D eigenvalue weighted by atomic mass is 19.1. The monoisotopic (exact) mass is 281 g/mol. The fourth-order valence-electron chi connectivity index (χ4n) is 3.44. The highest BCUT2D eigenvalue weighted by molar-refractivity contribution is 5.19. The van der Waals surface area contributed by atoms with Crippen molar-refractivity contribution < 1.29 is 8.78 Å². The molecule has 1 N–H and O–H groups in total. The van der Waals surface area contributed by atoms with Gasteiger partial charge < -0.3 is 5.32 Å². The lowest BCUT2D eigenvalue weighted by molar-refractivity contribution is 0.157. The first-order valence-corrected chi connectivity index (χ1v) is 7.74. The van der Waals surface area contributed by atoms with E-state index >= 15 is 0 Å². The van der Waals surface area contributed by atoms with Gasteiger partial charge in [0.25, 0.3) is 0 Å². The number of benzene rings is 1. The Bertz CT molecular complexity index is 425. The van der Waals surface area contributed by atoms with Gasteiger partial charge in [0, 0.05) is 6.07 Å². The average Bonchev–Trinajstić information content (AvgIpc) is 2.45. The van der Waals surface area contributed by atoms with E-state index in [9.17, 15) is 8.78 Å². The van der Waals surface area contributed by atoms with Crippen LogP contribution in [0.4, 0.5) is 8.78 Å². The molecule has 0 atom stereocenters. The minimum Gasteiger partial charge on any atom is -0.320 e. The van der Waals surface area contributed by atoms with Crippen LogP contribution in [0.5, 0.6) is 0 Å². The molecule has 1 fully saturated rings. The summed E-state index contributed by atoms with van der Waals surface area (Å²) < 4.78 is 26.7. The van der Waals surface area contributed by atoms with E-state index in [0.717, 1.165) is 31.9 Å². The molecule has 0 aromatic heterocycles. The third-order valence-corrected chi connectivity index (χ3v) is 4.76. The molecule has 0 heterocycles. The maximum Gasteiger partial charge on any atom is 0.129 e. The zero-order chi connectivity index (χ0) is 14.4. The summed E-state index contributed by atoms with van der Waals surface area (Å²) in [5.74, 6) is -0.890. The Morgan fingerprint density at radius 2 is 1.85 bits per heavy atom. The molecule has 1 aliphatic rings. The molecule has 0 radical (unpaired) electrons. The first-order valence-electron chi connectivity index (χ1n) is 7.74. The summed E-state index contributed by atoms with van der Waals surface area (Å²) in [7, 11) is 1.98. The molecule has 0 spiro atoms. The second-order valence-electron chi connectivity index (χ2n) is 6.15. The fraction of sp³-hybridized carbons (Fsp3) is 0.647. The lowest BCUT2D eigenvalue weighted by Gasteiger charge is -2.38. The van der Waals surface area contributed by atoms with Crippen molar-refractivity contribution in [3.05, 3.63) is 35.4 Å². The van der Waals surface area contributed by atoms with Crippen LogP contribution in [0.3, 0.4) is 0 Å². The van der Waals surface area contributed by atoms with Crippen LogP contribution in [0, 0.1) is 17.0 Å². The van der Waals surface area contributed by atoms with E-state index in [4.69, 9.17) is 0 Å². The zero-order valence-electron chi connectivity index (χ0n) is 12.4. The first kappa shape index (κ1) is 15.4. The third kappa shape index (κ3) is 4.02. The number of hydrogen-bond acceptors (Lipinski definition) is 1. The number of rotatable bonds is 6. The summed E-state index contributed by atoms with van der Waals surface area (Å²) in [5, 5.41) is 3.23. The molecule has 0 saturated heterocycles. The maximum absolute atomic E-state index is 13.7. The lowest BCUT2D eigenvalue weighted by Crippen LogP contribution is -2.29. The van der Waals surface area contributed by atoms with Crippen molar-refractivity contribution in [3.63, 3.8) is 0 Å². The van der Waals surface area contributed by atoms with Crippen LogP contribution in [0.1, 0.15) is 50.5 Å². The highest BCUT2D eigenvalue weighted by Crippen LogP contribution is 2.42. The second-order valence-corrected chi connectivity index (χ2v) is 6.15. The smallest absolute Gasteiger partial charge is 0.129 e. The average molecular weight is 281 g/mol. The molecular weight excluding hydrogens is 256 g/mol. The van der Waals surface area contributed by atoms with Gasteiger partial charge in [0.15, 0.2) is 0 Å². The lowest BCUT2D eigenvalue weighted by atomic mass is 9.68. The predicted octanol–water partition coefficient (Wildman–Crippen LogP) is 4.46. The van der Waals surface area contributed by atoms with Crippen LogP contribution in [0.15, 0.2) is 18.2 Å². The molecule has 0 amide bonds. The van der Waals surface area contributed by atoms with Crippen molar-refractivity contribution in [2.75, 3.05) is 13.6 Å². The summed E-state index contributed by atoms with van der Waals surface area (Å²) in [6.45, 7) is 1.02. The Morgan fingerprint density at radius 1 is 1.10 bits per heavy atom. The van der Waals surface area contributed by atoms with Gasteiger partial charge in [0.1, 0.15) is 11.6 Å². The summed E-state index contributed by atoms with van der Waals surface area (Å²) in [4.78, 5) is 0. The Kier molecular flexibility index (Phi) is 5.53. The van der Waals surface area contributed by atoms with Gasteiger partial charge in [-0.2, -0.15) is 0 Å². The predicted molar refractivity (Wildman–Crippen MR) is 78.7 cm³/mol. The van der Waals surface area contributed by atoms with Crippen molar-refractivity contribution >= 4 is 0 Å². The fourth-order valence-corrected chi connectivity index (χ4v) is 3.44. The van der Waals surface area contributed by atoms with Gasteiger partial charge in [-0.15, -0.1) is 0 Å². The molecule has 2 rings (SSSR count). The van der Waals surface area contributed by atoms with E-state index in [1.807, 2.05) is 7.05 Å². The summed E-state index contributed by atoms with van der Waals surface area (Å²) in [6, 6.07) is 3.95. The molecule has 1 aliphatic carbocycles. The topological polar surface area (TPSA) is 12.0 Å². The Balaban J connectivity index is 2.00. The van der Waals surface area contributed by atoms with Gasteiger partial charge in [-0.1, -0.05) is 25.3 Å². The maximum atomic E-state index is 13.7. The summed E-state index contributed by atoms with van der Waals surface area (Å²) in [5.41, 5.74) is 1.00. The van der Waals surface area contributed by atoms with Gasteiger partial charge >= 0.3 is 0 Å². The molecule has 0 aliphatic heterocycles. The minimum absolute atomic E-state index is 0.349.